The molecule has 0 unspecified atom stereocenters. The lowest BCUT2D eigenvalue weighted by atomic mass is 10.0. The van der Waals surface area contributed by atoms with Crippen LogP contribution in [-0.2, 0) is 0 Å². The van der Waals surface area contributed by atoms with Crippen molar-refractivity contribution >= 4 is 5.91 Å². The summed E-state index contributed by atoms with van der Waals surface area (Å²) in [5, 5.41) is 8.66. The molecule has 0 fully saturated rings. The lowest BCUT2D eigenvalue weighted by Crippen LogP contribution is -2.48. The minimum atomic E-state index is -0.324. The van der Waals surface area contributed by atoms with Gasteiger partial charge in [-0.2, -0.15) is 5.10 Å². The highest BCUT2D eigenvalue weighted by atomic mass is 16.2. The minimum absolute atomic E-state index is 0.141. The maximum Gasteiger partial charge on any atom is 0.271 e. The first-order valence-corrected chi connectivity index (χ1v) is 5.34. The molecular formula is C11H18N4O2. The van der Waals surface area contributed by atoms with Gasteiger partial charge in [0, 0.05) is 18.2 Å². The van der Waals surface area contributed by atoms with Crippen LogP contribution < -0.4 is 10.9 Å². The summed E-state index contributed by atoms with van der Waals surface area (Å²) in [4.78, 5) is 24.5. The summed E-state index contributed by atoms with van der Waals surface area (Å²) in [5.41, 5.74) is -0.257. The Hall–Kier alpha value is -1.69. The van der Waals surface area contributed by atoms with E-state index in [9.17, 15) is 9.59 Å². The number of carbonyl (C=O) groups is 1. The van der Waals surface area contributed by atoms with Crippen molar-refractivity contribution in [1.82, 2.24) is 20.4 Å². The molecule has 0 atom stereocenters. The molecule has 2 N–H and O–H groups in total. The van der Waals surface area contributed by atoms with Crippen LogP contribution in [-0.4, -0.2) is 47.2 Å². The van der Waals surface area contributed by atoms with Gasteiger partial charge in [0.25, 0.3) is 11.5 Å². The van der Waals surface area contributed by atoms with E-state index in [1.807, 2.05) is 32.8 Å². The molecule has 0 saturated heterocycles. The fourth-order valence-corrected chi connectivity index (χ4v) is 1.02. The second-order valence-electron chi connectivity index (χ2n) is 4.70. The zero-order valence-electron chi connectivity index (χ0n) is 10.6. The van der Waals surface area contributed by atoms with Crippen molar-refractivity contribution < 1.29 is 4.79 Å². The summed E-state index contributed by atoms with van der Waals surface area (Å²) < 4.78 is 0. The quantitative estimate of drug-likeness (QED) is 0.764. The van der Waals surface area contributed by atoms with Crippen molar-refractivity contribution in [2.24, 2.45) is 0 Å². The predicted octanol–water partition coefficient (Wildman–Crippen LogP) is -0.160. The normalized spacial score (nSPS) is 11.6. The van der Waals surface area contributed by atoms with E-state index < -0.39 is 0 Å². The number of aromatic amines is 1. The number of H-pyrrole nitrogens is 1. The highest BCUT2D eigenvalue weighted by molar-refractivity contribution is 5.92. The lowest BCUT2D eigenvalue weighted by molar-refractivity contribution is 0.0913. The zero-order chi connectivity index (χ0) is 13.1. The van der Waals surface area contributed by atoms with Gasteiger partial charge in [-0.15, -0.1) is 0 Å². The second-order valence-corrected chi connectivity index (χ2v) is 4.70. The Bertz CT molecular complexity index is 431. The van der Waals surface area contributed by atoms with Gasteiger partial charge in [-0.25, -0.2) is 5.10 Å². The molecule has 0 spiro atoms. The van der Waals surface area contributed by atoms with E-state index in [1.54, 1.807) is 0 Å². The van der Waals surface area contributed by atoms with Crippen molar-refractivity contribution in [2.75, 3.05) is 20.6 Å². The van der Waals surface area contributed by atoms with Crippen LogP contribution in [0.15, 0.2) is 16.9 Å². The average Bonchev–Trinajstić information content (AvgIpc) is 2.27. The largest absolute Gasteiger partial charge is 0.349 e. The van der Waals surface area contributed by atoms with Crippen LogP contribution >= 0.6 is 0 Å². The van der Waals surface area contributed by atoms with Gasteiger partial charge >= 0.3 is 0 Å². The van der Waals surface area contributed by atoms with Crippen molar-refractivity contribution in [3.8, 4) is 0 Å². The van der Waals surface area contributed by atoms with E-state index in [1.165, 1.54) is 12.1 Å². The molecule has 0 bridgehead atoms. The maximum atomic E-state index is 11.7. The molecule has 17 heavy (non-hydrogen) atoms. The number of rotatable bonds is 4. The molecule has 1 amide bonds. The molecule has 0 saturated carbocycles. The number of carbonyl (C=O) groups excluding carboxylic acids is 1. The molecule has 0 aliphatic carbocycles. The van der Waals surface area contributed by atoms with E-state index in [0.717, 1.165) is 0 Å². The smallest absolute Gasteiger partial charge is 0.271 e. The minimum Gasteiger partial charge on any atom is -0.349 e. The van der Waals surface area contributed by atoms with Gasteiger partial charge in [0.1, 0.15) is 5.69 Å². The van der Waals surface area contributed by atoms with E-state index in [4.69, 9.17) is 0 Å². The first-order chi connectivity index (χ1) is 7.83. The topological polar surface area (TPSA) is 78.1 Å². The SMILES string of the molecule is CN(C)C(C)(C)CNC(=O)c1ccc(=O)[nH]n1. The fraction of sp³-hybridized carbons (Fsp3) is 0.545. The van der Waals surface area contributed by atoms with Gasteiger partial charge in [0.05, 0.1) is 0 Å². The Morgan fingerprint density at radius 2 is 2.12 bits per heavy atom. The Kier molecular flexibility index (Phi) is 4.01. The van der Waals surface area contributed by atoms with Gasteiger partial charge in [0.15, 0.2) is 0 Å². The molecule has 6 nitrogen and oxygen atoms in total. The number of likely N-dealkylation sites (N-methyl/N-ethyl adjacent to an activating group) is 1. The van der Waals surface area contributed by atoms with Crippen LogP contribution in [0.2, 0.25) is 0 Å². The first-order valence-electron chi connectivity index (χ1n) is 5.34. The van der Waals surface area contributed by atoms with Crippen molar-refractivity contribution in [1.29, 1.82) is 0 Å². The number of nitrogens with zero attached hydrogens (tertiary/aromatic N) is 2. The number of nitrogens with one attached hydrogen (secondary N) is 2. The molecule has 1 rings (SSSR count). The Balaban J connectivity index is 2.62. The van der Waals surface area contributed by atoms with Gasteiger partial charge in [-0.05, 0) is 34.0 Å². The summed E-state index contributed by atoms with van der Waals surface area (Å²) in [5.74, 6) is -0.295. The second kappa shape index (κ2) is 5.09. The summed E-state index contributed by atoms with van der Waals surface area (Å²) in [6.07, 6.45) is 0. The maximum absolute atomic E-state index is 11.7. The average molecular weight is 238 g/mol. The highest BCUT2D eigenvalue weighted by Crippen LogP contribution is 2.07. The third-order valence-electron chi connectivity index (χ3n) is 2.80. The molecule has 1 heterocycles. The van der Waals surface area contributed by atoms with Crippen LogP contribution in [0, 0.1) is 0 Å². The number of amides is 1. The van der Waals surface area contributed by atoms with E-state index >= 15 is 0 Å². The number of hydrogen-bond acceptors (Lipinski definition) is 4. The van der Waals surface area contributed by atoms with Crippen LogP contribution in [0.1, 0.15) is 24.3 Å². The predicted molar refractivity (Wildman–Crippen MR) is 65.0 cm³/mol. The summed E-state index contributed by atoms with van der Waals surface area (Å²) in [7, 11) is 3.90. The molecule has 0 aliphatic rings. The lowest BCUT2D eigenvalue weighted by Gasteiger charge is -2.32. The molecule has 0 aromatic carbocycles. The van der Waals surface area contributed by atoms with Crippen molar-refractivity contribution in [3.05, 3.63) is 28.2 Å². The van der Waals surface area contributed by atoms with Gasteiger partial charge in [-0.1, -0.05) is 0 Å². The molecule has 0 aliphatic heterocycles. The van der Waals surface area contributed by atoms with E-state index in [0.29, 0.717) is 6.54 Å². The number of hydrogen-bond donors (Lipinski definition) is 2. The Morgan fingerprint density at radius 3 is 2.59 bits per heavy atom. The van der Waals surface area contributed by atoms with Gasteiger partial charge in [-0.3, -0.25) is 9.59 Å². The Morgan fingerprint density at radius 1 is 1.47 bits per heavy atom. The number of aromatic nitrogens is 2. The summed E-state index contributed by atoms with van der Waals surface area (Å²) in [6, 6.07) is 2.68. The standard InChI is InChI=1S/C11H18N4O2/c1-11(2,15(3)4)7-12-10(17)8-5-6-9(16)14-13-8/h5-6H,7H2,1-4H3,(H,12,17)(H,14,16). The van der Waals surface area contributed by atoms with E-state index in [2.05, 4.69) is 15.5 Å². The molecular weight excluding hydrogens is 220 g/mol. The fourth-order valence-electron chi connectivity index (χ4n) is 1.02. The summed E-state index contributed by atoms with van der Waals surface area (Å²) >= 11 is 0. The molecule has 0 radical (unpaired) electrons. The third kappa shape index (κ3) is 3.67. The van der Waals surface area contributed by atoms with Crippen molar-refractivity contribution in [3.63, 3.8) is 0 Å². The monoisotopic (exact) mass is 238 g/mol. The zero-order valence-corrected chi connectivity index (χ0v) is 10.6. The van der Waals surface area contributed by atoms with Crippen LogP contribution in [0.5, 0.6) is 0 Å². The van der Waals surface area contributed by atoms with Crippen LogP contribution in [0.25, 0.3) is 0 Å². The van der Waals surface area contributed by atoms with Gasteiger partial charge in [0.2, 0.25) is 0 Å². The van der Waals surface area contributed by atoms with E-state index in [-0.39, 0.29) is 22.7 Å². The van der Waals surface area contributed by atoms with Crippen LogP contribution in [0.3, 0.4) is 0 Å². The highest BCUT2D eigenvalue weighted by Gasteiger charge is 2.21. The van der Waals surface area contributed by atoms with Crippen LogP contribution in [0.4, 0.5) is 0 Å². The first kappa shape index (κ1) is 13.4. The molecule has 1 aromatic rings. The molecule has 6 heteroatoms. The molecule has 1 aromatic heterocycles. The Labute approximate surface area is 100 Å². The summed E-state index contributed by atoms with van der Waals surface area (Å²) in [6.45, 7) is 4.54. The third-order valence-corrected chi connectivity index (χ3v) is 2.80. The van der Waals surface area contributed by atoms with Gasteiger partial charge < -0.3 is 10.2 Å². The molecule has 94 valence electrons. The van der Waals surface area contributed by atoms with Crippen molar-refractivity contribution in [2.45, 2.75) is 19.4 Å².